The molecule has 0 radical (unpaired) electrons. The first-order valence-electron chi connectivity index (χ1n) is 9.04. The van der Waals surface area contributed by atoms with Gasteiger partial charge in [-0.15, -0.1) is 0 Å². The molecular weight excluding hydrogens is 340 g/mol. The van der Waals surface area contributed by atoms with Crippen LogP contribution in [0.15, 0.2) is 78.9 Å². The van der Waals surface area contributed by atoms with Crippen molar-refractivity contribution in [2.45, 2.75) is 12.7 Å². The van der Waals surface area contributed by atoms with Crippen LogP contribution in [0.3, 0.4) is 0 Å². The minimum atomic E-state index is -0.854. The molecule has 138 valence electrons. The van der Waals surface area contributed by atoms with E-state index in [0.29, 0.717) is 13.2 Å². The predicted octanol–water partition coefficient (Wildman–Crippen LogP) is 5.07. The number of benzene rings is 3. The van der Waals surface area contributed by atoms with Gasteiger partial charge in [0, 0.05) is 5.56 Å². The fraction of sp³-hybridized carbons (Fsp3) is 0.217. The smallest absolute Gasteiger partial charge is 0.230 e. The van der Waals surface area contributed by atoms with Crippen LogP contribution >= 0.6 is 0 Å². The van der Waals surface area contributed by atoms with E-state index in [0.717, 1.165) is 22.8 Å². The zero-order valence-electron chi connectivity index (χ0n) is 15.3. The average molecular weight is 362 g/mol. The standard InChI is InChI=1S/C23H22O4/c1-18-7-9-19(10-8-18)23(25-15-16-26-23)17-24-20-11-13-22(14-12-20)27-21-5-3-2-4-6-21/h2-14H,15-17H2,1H3. The second-order valence-electron chi connectivity index (χ2n) is 6.49. The molecular formula is C23H22O4. The third kappa shape index (κ3) is 4.13. The van der Waals surface area contributed by atoms with Crippen molar-refractivity contribution >= 4 is 0 Å². The van der Waals surface area contributed by atoms with Crippen LogP contribution in [-0.2, 0) is 15.3 Å². The average Bonchev–Trinajstić information content (AvgIpc) is 3.19. The van der Waals surface area contributed by atoms with Crippen molar-refractivity contribution < 1.29 is 18.9 Å². The van der Waals surface area contributed by atoms with Crippen LogP contribution in [0, 0.1) is 6.92 Å². The van der Waals surface area contributed by atoms with Crippen molar-refractivity contribution in [3.63, 3.8) is 0 Å². The Hall–Kier alpha value is -2.82. The molecule has 0 amide bonds. The van der Waals surface area contributed by atoms with Crippen molar-refractivity contribution in [1.82, 2.24) is 0 Å². The van der Waals surface area contributed by atoms with Crippen LogP contribution in [0.4, 0.5) is 0 Å². The van der Waals surface area contributed by atoms with Gasteiger partial charge in [-0.05, 0) is 43.3 Å². The van der Waals surface area contributed by atoms with Gasteiger partial charge in [0.05, 0.1) is 13.2 Å². The lowest BCUT2D eigenvalue weighted by Crippen LogP contribution is -2.34. The molecule has 1 aliphatic heterocycles. The Balaban J connectivity index is 1.43. The Morgan fingerprint density at radius 2 is 1.33 bits per heavy atom. The first-order valence-corrected chi connectivity index (χ1v) is 9.04. The topological polar surface area (TPSA) is 36.9 Å². The fourth-order valence-corrected chi connectivity index (χ4v) is 3.00. The number of rotatable bonds is 6. The monoisotopic (exact) mass is 362 g/mol. The molecule has 3 aromatic carbocycles. The highest BCUT2D eigenvalue weighted by atomic mass is 16.8. The molecule has 0 atom stereocenters. The highest BCUT2D eigenvalue weighted by Gasteiger charge is 2.39. The summed E-state index contributed by atoms with van der Waals surface area (Å²) >= 11 is 0. The van der Waals surface area contributed by atoms with Gasteiger partial charge < -0.3 is 18.9 Å². The summed E-state index contributed by atoms with van der Waals surface area (Å²) < 4.78 is 23.6. The summed E-state index contributed by atoms with van der Waals surface area (Å²) in [5.41, 5.74) is 2.16. The lowest BCUT2D eigenvalue weighted by molar-refractivity contribution is -0.185. The Bertz CT molecular complexity index is 851. The molecule has 0 N–H and O–H groups in total. The van der Waals surface area contributed by atoms with Crippen LogP contribution in [0.1, 0.15) is 11.1 Å². The van der Waals surface area contributed by atoms with E-state index in [2.05, 4.69) is 19.1 Å². The zero-order chi connectivity index (χ0) is 18.5. The molecule has 0 spiro atoms. The number of ether oxygens (including phenoxy) is 4. The largest absolute Gasteiger partial charge is 0.488 e. The first-order chi connectivity index (χ1) is 13.2. The van der Waals surface area contributed by atoms with Gasteiger partial charge in [-0.1, -0.05) is 48.0 Å². The highest BCUT2D eigenvalue weighted by Crippen LogP contribution is 2.33. The van der Waals surface area contributed by atoms with Crippen LogP contribution in [0.5, 0.6) is 17.2 Å². The molecule has 0 bridgehead atoms. The summed E-state index contributed by atoms with van der Waals surface area (Å²) in [6.45, 7) is 3.46. The summed E-state index contributed by atoms with van der Waals surface area (Å²) in [6, 6.07) is 25.4. The van der Waals surface area contributed by atoms with E-state index in [1.165, 1.54) is 5.56 Å². The van der Waals surface area contributed by atoms with Gasteiger partial charge in [0.15, 0.2) is 0 Å². The molecule has 4 nitrogen and oxygen atoms in total. The van der Waals surface area contributed by atoms with Crippen molar-refractivity contribution in [3.8, 4) is 17.2 Å². The molecule has 0 aromatic heterocycles. The molecule has 4 rings (SSSR count). The predicted molar refractivity (Wildman–Crippen MR) is 103 cm³/mol. The van der Waals surface area contributed by atoms with Crippen LogP contribution in [0.2, 0.25) is 0 Å². The van der Waals surface area contributed by atoms with E-state index < -0.39 is 5.79 Å². The Kier molecular flexibility index (Phi) is 5.10. The van der Waals surface area contributed by atoms with Gasteiger partial charge in [-0.25, -0.2) is 0 Å². The van der Waals surface area contributed by atoms with Gasteiger partial charge >= 0.3 is 0 Å². The molecule has 3 aromatic rings. The second-order valence-corrected chi connectivity index (χ2v) is 6.49. The third-order valence-corrected chi connectivity index (χ3v) is 4.48. The maximum Gasteiger partial charge on any atom is 0.230 e. The van der Waals surface area contributed by atoms with E-state index in [1.54, 1.807) is 0 Å². The Morgan fingerprint density at radius 3 is 2.00 bits per heavy atom. The van der Waals surface area contributed by atoms with Crippen molar-refractivity contribution in [3.05, 3.63) is 90.0 Å². The molecule has 4 heteroatoms. The maximum atomic E-state index is 5.98. The maximum absolute atomic E-state index is 5.98. The van der Waals surface area contributed by atoms with E-state index in [1.807, 2.05) is 66.7 Å². The van der Waals surface area contributed by atoms with Gasteiger partial charge in [0.25, 0.3) is 0 Å². The van der Waals surface area contributed by atoms with E-state index in [-0.39, 0.29) is 6.61 Å². The van der Waals surface area contributed by atoms with Gasteiger partial charge in [0.1, 0.15) is 23.9 Å². The van der Waals surface area contributed by atoms with Crippen LogP contribution in [-0.4, -0.2) is 19.8 Å². The minimum absolute atomic E-state index is 0.287. The van der Waals surface area contributed by atoms with Crippen molar-refractivity contribution in [1.29, 1.82) is 0 Å². The van der Waals surface area contributed by atoms with Crippen molar-refractivity contribution in [2.75, 3.05) is 19.8 Å². The summed E-state index contributed by atoms with van der Waals surface area (Å²) in [4.78, 5) is 0. The molecule has 0 aliphatic carbocycles. The molecule has 27 heavy (non-hydrogen) atoms. The molecule has 1 fully saturated rings. The highest BCUT2D eigenvalue weighted by molar-refractivity contribution is 5.35. The summed E-state index contributed by atoms with van der Waals surface area (Å²) in [5, 5.41) is 0. The normalized spacial score (nSPS) is 15.4. The quantitative estimate of drug-likeness (QED) is 0.614. The zero-order valence-corrected chi connectivity index (χ0v) is 15.3. The molecule has 0 unspecified atom stereocenters. The number of hydrogen-bond acceptors (Lipinski definition) is 4. The molecule has 1 aliphatic rings. The Labute approximate surface area is 159 Å². The molecule has 1 heterocycles. The first kappa shape index (κ1) is 17.6. The van der Waals surface area contributed by atoms with Crippen LogP contribution < -0.4 is 9.47 Å². The summed E-state index contributed by atoms with van der Waals surface area (Å²) in [6.07, 6.45) is 0. The Morgan fingerprint density at radius 1 is 0.741 bits per heavy atom. The third-order valence-electron chi connectivity index (χ3n) is 4.48. The lowest BCUT2D eigenvalue weighted by Gasteiger charge is -2.27. The van der Waals surface area contributed by atoms with Gasteiger partial charge in [-0.2, -0.15) is 0 Å². The molecule has 0 saturated carbocycles. The van der Waals surface area contributed by atoms with Crippen molar-refractivity contribution in [2.24, 2.45) is 0 Å². The SMILES string of the molecule is Cc1ccc(C2(COc3ccc(Oc4ccccc4)cc3)OCCO2)cc1. The number of hydrogen-bond donors (Lipinski definition) is 0. The summed E-state index contributed by atoms with van der Waals surface area (Å²) in [5.74, 6) is 1.45. The van der Waals surface area contributed by atoms with E-state index in [9.17, 15) is 0 Å². The van der Waals surface area contributed by atoms with E-state index >= 15 is 0 Å². The summed E-state index contributed by atoms with van der Waals surface area (Å²) in [7, 11) is 0. The lowest BCUT2D eigenvalue weighted by atomic mass is 10.0. The van der Waals surface area contributed by atoms with E-state index in [4.69, 9.17) is 18.9 Å². The fourth-order valence-electron chi connectivity index (χ4n) is 3.00. The second kappa shape index (κ2) is 7.82. The molecule has 1 saturated heterocycles. The van der Waals surface area contributed by atoms with Gasteiger partial charge in [-0.3, -0.25) is 0 Å². The minimum Gasteiger partial charge on any atom is -0.488 e. The number of para-hydroxylation sites is 1. The van der Waals surface area contributed by atoms with Crippen LogP contribution in [0.25, 0.3) is 0 Å². The van der Waals surface area contributed by atoms with Gasteiger partial charge in [0.2, 0.25) is 5.79 Å². The number of aryl methyl sites for hydroxylation is 1.